The molecule has 0 unspecified atom stereocenters. The van der Waals surface area contributed by atoms with Crippen molar-refractivity contribution >= 4 is 5.91 Å². The van der Waals surface area contributed by atoms with E-state index >= 15 is 0 Å². The summed E-state index contributed by atoms with van der Waals surface area (Å²) in [5.41, 5.74) is 1.22. The number of nitrogens with zero attached hydrogens (tertiary/aromatic N) is 1. The van der Waals surface area contributed by atoms with E-state index in [0.29, 0.717) is 6.42 Å². The molecule has 3 heteroatoms. The van der Waals surface area contributed by atoms with Gasteiger partial charge in [-0.3, -0.25) is 4.79 Å². The van der Waals surface area contributed by atoms with Crippen LogP contribution in [0.25, 0.3) is 0 Å². The summed E-state index contributed by atoms with van der Waals surface area (Å²) in [6.07, 6.45) is 1.39. The second-order valence-electron chi connectivity index (χ2n) is 4.23. The molecule has 17 heavy (non-hydrogen) atoms. The number of likely N-dealkylation sites (N-methyl/N-ethyl adjacent to an activating group) is 1. The summed E-state index contributed by atoms with van der Waals surface area (Å²) in [6.45, 7) is 4.77. The van der Waals surface area contributed by atoms with Crippen molar-refractivity contribution in [2.45, 2.75) is 19.8 Å². The van der Waals surface area contributed by atoms with Crippen molar-refractivity contribution in [1.29, 1.82) is 0 Å². The number of carbonyl (C=O) groups excluding carboxylic acids is 1. The van der Waals surface area contributed by atoms with Crippen LogP contribution in [0.1, 0.15) is 18.9 Å². The number of amides is 1. The summed E-state index contributed by atoms with van der Waals surface area (Å²) in [7, 11) is 2.05. The van der Waals surface area contributed by atoms with Gasteiger partial charge in [-0.05, 0) is 25.6 Å². The van der Waals surface area contributed by atoms with Crippen LogP contribution in [0.15, 0.2) is 30.3 Å². The highest BCUT2D eigenvalue weighted by molar-refractivity contribution is 5.76. The Kier molecular flexibility index (Phi) is 6.33. The summed E-state index contributed by atoms with van der Waals surface area (Å²) in [4.78, 5) is 13.7. The van der Waals surface area contributed by atoms with E-state index in [1.807, 2.05) is 18.2 Å². The molecule has 0 aliphatic rings. The van der Waals surface area contributed by atoms with Crippen molar-refractivity contribution in [3.05, 3.63) is 35.9 Å². The Balaban J connectivity index is 2.13. The summed E-state index contributed by atoms with van der Waals surface area (Å²) in [6, 6.07) is 10.1. The van der Waals surface area contributed by atoms with Gasteiger partial charge in [0.25, 0.3) is 0 Å². The molecule has 0 saturated carbocycles. The minimum Gasteiger partial charge on any atom is -0.355 e. The molecule has 1 rings (SSSR count). The molecule has 0 fully saturated rings. The van der Waals surface area contributed by atoms with Crippen molar-refractivity contribution in [3.63, 3.8) is 0 Å². The van der Waals surface area contributed by atoms with E-state index in [4.69, 9.17) is 0 Å². The summed E-state index contributed by atoms with van der Waals surface area (Å²) in [5, 5.41) is 2.94. The molecule has 0 radical (unpaired) electrons. The first-order chi connectivity index (χ1) is 8.22. The van der Waals surface area contributed by atoms with E-state index < -0.39 is 0 Å². The lowest BCUT2D eigenvalue weighted by Gasteiger charge is -2.13. The van der Waals surface area contributed by atoms with Crippen LogP contribution in [-0.4, -0.2) is 37.5 Å². The molecule has 1 aromatic carbocycles. The standard InChI is InChI=1S/C14H22N2O/c1-3-16(2)12-11-15-14(17)10-9-13-7-5-4-6-8-13/h4-8H,3,9-12H2,1-2H3,(H,15,17). The molecule has 0 spiro atoms. The van der Waals surface area contributed by atoms with E-state index in [-0.39, 0.29) is 5.91 Å². The zero-order valence-electron chi connectivity index (χ0n) is 10.8. The molecule has 0 atom stereocenters. The van der Waals surface area contributed by atoms with Gasteiger partial charge >= 0.3 is 0 Å². The number of nitrogens with one attached hydrogen (secondary N) is 1. The average molecular weight is 234 g/mol. The summed E-state index contributed by atoms with van der Waals surface area (Å²) >= 11 is 0. The van der Waals surface area contributed by atoms with Crippen LogP contribution in [0.5, 0.6) is 0 Å². The lowest BCUT2D eigenvalue weighted by molar-refractivity contribution is -0.121. The fourth-order valence-corrected chi connectivity index (χ4v) is 1.54. The highest BCUT2D eigenvalue weighted by Crippen LogP contribution is 2.01. The first-order valence-electron chi connectivity index (χ1n) is 6.21. The van der Waals surface area contributed by atoms with Gasteiger partial charge in [0.15, 0.2) is 0 Å². The molecular weight excluding hydrogens is 212 g/mol. The zero-order chi connectivity index (χ0) is 12.5. The van der Waals surface area contributed by atoms with Crippen LogP contribution < -0.4 is 5.32 Å². The van der Waals surface area contributed by atoms with Gasteiger partial charge < -0.3 is 10.2 Å². The van der Waals surface area contributed by atoms with Gasteiger partial charge in [-0.15, -0.1) is 0 Å². The third-order valence-electron chi connectivity index (χ3n) is 2.84. The minimum absolute atomic E-state index is 0.137. The van der Waals surface area contributed by atoms with E-state index in [9.17, 15) is 4.79 Å². The highest BCUT2D eigenvalue weighted by atomic mass is 16.1. The van der Waals surface area contributed by atoms with Crippen molar-refractivity contribution in [2.24, 2.45) is 0 Å². The van der Waals surface area contributed by atoms with Gasteiger partial charge in [0.1, 0.15) is 0 Å². The van der Waals surface area contributed by atoms with Crippen LogP contribution in [0.3, 0.4) is 0 Å². The van der Waals surface area contributed by atoms with E-state index in [1.165, 1.54) is 5.56 Å². The maximum atomic E-state index is 11.6. The van der Waals surface area contributed by atoms with E-state index in [1.54, 1.807) is 0 Å². The third-order valence-corrected chi connectivity index (χ3v) is 2.84. The largest absolute Gasteiger partial charge is 0.355 e. The summed E-state index contributed by atoms with van der Waals surface area (Å²) < 4.78 is 0. The second kappa shape index (κ2) is 7.85. The molecule has 0 aromatic heterocycles. The number of rotatable bonds is 7. The van der Waals surface area contributed by atoms with Crippen molar-refractivity contribution in [2.75, 3.05) is 26.7 Å². The van der Waals surface area contributed by atoms with Crippen molar-refractivity contribution in [1.82, 2.24) is 10.2 Å². The third kappa shape index (κ3) is 6.07. The normalized spacial score (nSPS) is 10.5. The number of hydrogen-bond donors (Lipinski definition) is 1. The topological polar surface area (TPSA) is 32.3 Å². The van der Waals surface area contributed by atoms with Gasteiger partial charge in [-0.1, -0.05) is 37.3 Å². The van der Waals surface area contributed by atoms with Crippen LogP contribution in [0, 0.1) is 0 Å². The lowest BCUT2D eigenvalue weighted by atomic mass is 10.1. The molecule has 1 N–H and O–H groups in total. The van der Waals surface area contributed by atoms with Gasteiger partial charge in [0.05, 0.1) is 0 Å². The van der Waals surface area contributed by atoms with Gasteiger partial charge in [-0.25, -0.2) is 0 Å². The van der Waals surface area contributed by atoms with Crippen LogP contribution >= 0.6 is 0 Å². The van der Waals surface area contributed by atoms with E-state index in [0.717, 1.165) is 26.1 Å². The lowest BCUT2D eigenvalue weighted by Crippen LogP contribution is -2.32. The molecule has 0 aliphatic heterocycles. The monoisotopic (exact) mass is 234 g/mol. The van der Waals surface area contributed by atoms with Gasteiger partial charge in [0, 0.05) is 19.5 Å². The number of aryl methyl sites for hydroxylation is 1. The Morgan fingerprint density at radius 1 is 1.29 bits per heavy atom. The fraction of sp³-hybridized carbons (Fsp3) is 0.500. The Labute approximate surface area is 104 Å². The molecule has 0 bridgehead atoms. The Morgan fingerprint density at radius 2 is 2.00 bits per heavy atom. The first kappa shape index (κ1) is 13.7. The molecule has 3 nitrogen and oxygen atoms in total. The van der Waals surface area contributed by atoms with Crippen molar-refractivity contribution < 1.29 is 4.79 Å². The average Bonchev–Trinajstić information content (AvgIpc) is 2.37. The number of benzene rings is 1. The van der Waals surface area contributed by atoms with Crippen LogP contribution in [0.4, 0.5) is 0 Å². The fourth-order valence-electron chi connectivity index (χ4n) is 1.54. The molecule has 0 heterocycles. The van der Waals surface area contributed by atoms with Crippen molar-refractivity contribution in [3.8, 4) is 0 Å². The predicted octanol–water partition coefficient (Wildman–Crippen LogP) is 1.69. The zero-order valence-corrected chi connectivity index (χ0v) is 10.8. The molecule has 1 aromatic rings. The van der Waals surface area contributed by atoms with Crippen LogP contribution in [-0.2, 0) is 11.2 Å². The maximum absolute atomic E-state index is 11.6. The second-order valence-corrected chi connectivity index (χ2v) is 4.23. The highest BCUT2D eigenvalue weighted by Gasteiger charge is 2.02. The maximum Gasteiger partial charge on any atom is 0.220 e. The molecular formula is C14H22N2O. The van der Waals surface area contributed by atoms with Crippen LogP contribution in [0.2, 0.25) is 0 Å². The Hall–Kier alpha value is -1.35. The smallest absolute Gasteiger partial charge is 0.220 e. The molecule has 1 amide bonds. The molecule has 0 aliphatic carbocycles. The SMILES string of the molecule is CCN(C)CCNC(=O)CCc1ccccc1. The number of carbonyl (C=O) groups is 1. The quantitative estimate of drug-likeness (QED) is 0.778. The number of hydrogen-bond acceptors (Lipinski definition) is 2. The van der Waals surface area contributed by atoms with Gasteiger partial charge in [-0.2, -0.15) is 0 Å². The molecule has 94 valence electrons. The van der Waals surface area contributed by atoms with E-state index in [2.05, 4.69) is 36.3 Å². The Morgan fingerprint density at radius 3 is 2.65 bits per heavy atom. The Bertz CT molecular complexity index is 324. The minimum atomic E-state index is 0.137. The predicted molar refractivity (Wildman–Crippen MR) is 70.9 cm³/mol. The summed E-state index contributed by atoms with van der Waals surface area (Å²) in [5.74, 6) is 0.137. The first-order valence-corrected chi connectivity index (χ1v) is 6.21. The van der Waals surface area contributed by atoms with Gasteiger partial charge in [0.2, 0.25) is 5.91 Å². The molecule has 0 saturated heterocycles.